The zero-order valence-corrected chi connectivity index (χ0v) is 37.0. The first-order chi connectivity index (χ1) is 31.8. The standard InChI is InChI=1S/C62H49N3/c1-5-42(40-52-41(2)62(53-26-13-12-25-51(52)53)56-29-16-14-27-54(56)61(3,4)55-28-15-17-30-57(55)62)49-23-18-24-50(39-49)60-64-58(47-35-31-45(32-36-47)43-19-8-6-9-20-43)63-59(65-60)48-37-33-46(34-38-48)44-21-10-7-11-22-44/h5-40,60H,1H2,2-4H3,(H,63,64,65)/b42-40+. The van der Waals surface area contributed by atoms with Gasteiger partial charge in [-0.05, 0) is 103 Å². The monoisotopic (exact) mass is 835 g/mol. The molecule has 11 rings (SSSR count). The van der Waals surface area contributed by atoms with Gasteiger partial charge in [0.15, 0.2) is 5.84 Å². The van der Waals surface area contributed by atoms with Crippen molar-refractivity contribution >= 4 is 22.8 Å². The van der Waals surface area contributed by atoms with Crippen molar-refractivity contribution in [2.24, 2.45) is 9.98 Å². The highest BCUT2D eigenvalue weighted by Gasteiger charge is 2.52. The van der Waals surface area contributed by atoms with Gasteiger partial charge >= 0.3 is 0 Å². The Morgan fingerprint density at radius 3 is 1.60 bits per heavy atom. The molecule has 0 aromatic heterocycles. The SMILES string of the molecule is C=C/C(=C\C1=C(C)C2(c3ccccc31)c1ccccc1C(C)(C)c1ccccc12)c1cccc(C2N=C(c3ccc(-c4ccccc4)cc3)N=C(c3ccc(-c4ccccc4)cc3)N2)c1. The van der Waals surface area contributed by atoms with Crippen LogP contribution in [-0.2, 0) is 10.8 Å². The van der Waals surface area contributed by atoms with Crippen molar-refractivity contribution < 1.29 is 0 Å². The first-order valence-corrected chi connectivity index (χ1v) is 22.5. The van der Waals surface area contributed by atoms with Crippen molar-refractivity contribution in [2.75, 3.05) is 0 Å². The second-order valence-electron chi connectivity index (χ2n) is 17.8. The summed E-state index contributed by atoms with van der Waals surface area (Å²) in [5, 5.41) is 3.73. The van der Waals surface area contributed by atoms with Crippen LogP contribution in [0.2, 0.25) is 0 Å². The maximum atomic E-state index is 5.31. The molecule has 8 aromatic rings. The van der Waals surface area contributed by atoms with Crippen LogP contribution >= 0.6 is 0 Å². The van der Waals surface area contributed by atoms with Gasteiger partial charge in [-0.2, -0.15) is 0 Å². The van der Waals surface area contributed by atoms with Crippen molar-refractivity contribution in [1.29, 1.82) is 0 Å². The number of rotatable bonds is 8. The van der Waals surface area contributed by atoms with E-state index in [9.17, 15) is 0 Å². The fourth-order valence-corrected chi connectivity index (χ4v) is 10.6. The van der Waals surface area contributed by atoms with Gasteiger partial charge in [-0.3, -0.25) is 0 Å². The van der Waals surface area contributed by atoms with Crippen molar-refractivity contribution in [3.8, 4) is 22.3 Å². The number of aliphatic imine (C=N–C) groups is 2. The number of nitrogens with zero attached hydrogens (tertiary/aromatic N) is 2. The van der Waals surface area contributed by atoms with E-state index in [0.29, 0.717) is 5.84 Å². The molecule has 0 saturated carbocycles. The van der Waals surface area contributed by atoms with Crippen LogP contribution in [0.5, 0.6) is 0 Å². The summed E-state index contributed by atoms with van der Waals surface area (Å²) in [6.45, 7) is 11.5. The largest absolute Gasteiger partial charge is 0.344 e. The highest BCUT2D eigenvalue weighted by Crippen LogP contribution is 2.61. The number of benzene rings is 8. The average molecular weight is 836 g/mol. The number of hydrogen-bond donors (Lipinski definition) is 1. The van der Waals surface area contributed by atoms with Gasteiger partial charge in [-0.1, -0.05) is 227 Å². The molecule has 2 aliphatic carbocycles. The predicted octanol–water partition coefficient (Wildman–Crippen LogP) is 14.5. The van der Waals surface area contributed by atoms with Crippen LogP contribution in [0.3, 0.4) is 0 Å². The molecule has 1 spiro atoms. The quantitative estimate of drug-likeness (QED) is 0.152. The molecular weight excluding hydrogens is 787 g/mol. The van der Waals surface area contributed by atoms with Crippen LogP contribution in [0.4, 0.5) is 0 Å². The van der Waals surface area contributed by atoms with Crippen molar-refractivity contribution in [3.05, 3.63) is 286 Å². The van der Waals surface area contributed by atoms with E-state index in [1.165, 1.54) is 55.7 Å². The van der Waals surface area contributed by atoms with Crippen LogP contribution in [0, 0.1) is 0 Å². The third-order valence-corrected chi connectivity index (χ3v) is 13.9. The zero-order valence-electron chi connectivity index (χ0n) is 37.0. The van der Waals surface area contributed by atoms with Gasteiger partial charge in [0.25, 0.3) is 0 Å². The van der Waals surface area contributed by atoms with Gasteiger partial charge in [0.1, 0.15) is 12.0 Å². The van der Waals surface area contributed by atoms with Gasteiger partial charge in [-0.15, -0.1) is 0 Å². The maximum Gasteiger partial charge on any atom is 0.159 e. The van der Waals surface area contributed by atoms with Crippen molar-refractivity contribution in [1.82, 2.24) is 5.32 Å². The second kappa shape index (κ2) is 16.0. The molecule has 1 N–H and O–H groups in total. The molecule has 65 heavy (non-hydrogen) atoms. The Labute approximate surface area is 382 Å². The first kappa shape index (κ1) is 39.9. The third kappa shape index (κ3) is 6.66. The molecule has 3 heteroatoms. The molecule has 312 valence electrons. The first-order valence-electron chi connectivity index (χ1n) is 22.5. The van der Waals surface area contributed by atoms with E-state index in [-0.39, 0.29) is 11.6 Å². The van der Waals surface area contributed by atoms with E-state index in [1.54, 1.807) is 0 Å². The summed E-state index contributed by atoms with van der Waals surface area (Å²) in [4.78, 5) is 10.5. The predicted molar refractivity (Wildman–Crippen MR) is 271 cm³/mol. The van der Waals surface area contributed by atoms with Gasteiger partial charge in [0.2, 0.25) is 0 Å². The Kier molecular flexibility index (Phi) is 9.85. The van der Waals surface area contributed by atoms with Gasteiger partial charge in [0.05, 0.1) is 5.41 Å². The molecular formula is C62H49N3. The minimum atomic E-state index is -0.426. The molecule has 1 aliphatic heterocycles. The van der Waals surface area contributed by atoms with Crippen molar-refractivity contribution in [2.45, 2.75) is 37.8 Å². The summed E-state index contributed by atoms with van der Waals surface area (Å²) in [6, 6.07) is 74.0. The van der Waals surface area contributed by atoms with Crippen LogP contribution in [0.1, 0.15) is 82.6 Å². The lowest BCUT2D eigenvalue weighted by Gasteiger charge is -2.47. The minimum Gasteiger partial charge on any atom is -0.344 e. The van der Waals surface area contributed by atoms with E-state index < -0.39 is 5.41 Å². The molecule has 0 radical (unpaired) electrons. The normalized spacial score (nSPS) is 16.7. The Morgan fingerprint density at radius 1 is 0.523 bits per heavy atom. The summed E-state index contributed by atoms with van der Waals surface area (Å²) in [5.74, 6) is 1.46. The summed E-state index contributed by atoms with van der Waals surface area (Å²) in [5.41, 5.74) is 19.8. The number of hydrogen-bond acceptors (Lipinski definition) is 3. The van der Waals surface area contributed by atoms with Crippen molar-refractivity contribution in [3.63, 3.8) is 0 Å². The molecule has 1 heterocycles. The topological polar surface area (TPSA) is 36.8 Å². The molecule has 0 fully saturated rings. The Morgan fingerprint density at radius 2 is 1.02 bits per heavy atom. The van der Waals surface area contributed by atoms with Gasteiger partial charge < -0.3 is 5.32 Å². The fraction of sp³-hybridized carbons (Fsp3) is 0.0968. The maximum absolute atomic E-state index is 5.31. The van der Waals surface area contributed by atoms with E-state index in [4.69, 9.17) is 9.98 Å². The summed E-state index contributed by atoms with van der Waals surface area (Å²) >= 11 is 0. The summed E-state index contributed by atoms with van der Waals surface area (Å²) in [6.07, 6.45) is 3.97. The minimum absolute atomic E-state index is 0.143. The summed E-state index contributed by atoms with van der Waals surface area (Å²) < 4.78 is 0. The lowest BCUT2D eigenvalue weighted by Crippen LogP contribution is -2.40. The number of amidine groups is 2. The Hall–Kier alpha value is -7.88. The van der Waals surface area contributed by atoms with Crippen LogP contribution in [-0.4, -0.2) is 11.7 Å². The van der Waals surface area contributed by atoms with Crippen LogP contribution < -0.4 is 5.32 Å². The molecule has 1 unspecified atom stereocenters. The van der Waals surface area contributed by atoms with E-state index in [2.05, 4.69) is 233 Å². The highest BCUT2D eigenvalue weighted by molar-refractivity contribution is 6.13. The molecule has 3 aliphatic rings. The van der Waals surface area contributed by atoms with Crippen LogP contribution in [0.25, 0.3) is 33.4 Å². The lowest BCUT2D eigenvalue weighted by atomic mass is 9.55. The fourth-order valence-electron chi connectivity index (χ4n) is 10.6. The second-order valence-corrected chi connectivity index (χ2v) is 17.8. The molecule has 0 saturated heterocycles. The smallest absolute Gasteiger partial charge is 0.159 e. The van der Waals surface area contributed by atoms with Gasteiger partial charge in [-0.25, -0.2) is 9.98 Å². The lowest BCUT2D eigenvalue weighted by molar-refractivity contribution is 0.558. The number of nitrogens with one attached hydrogen (secondary N) is 1. The average Bonchev–Trinajstić information content (AvgIpc) is 3.62. The highest BCUT2D eigenvalue weighted by atomic mass is 15.2. The number of allylic oxidation sites excluding steroid dienone is 5. The number of fused-ring (bicyclic) bond motifs is 6. The molecule has 8 aromatic carbocycles. The summed E-state index contributed by atoms with van der Waals surface area (Å²) in [7, 11) is 0. The van der Waals surface area contributed by atoms with Crippen LogP contribution in [0.15, 0.2) is 241 Å². The zero-order chi connectivity index (χ0) is 44.1. The molecule has 0 bridgehead atoms. The molecule has 0 amide bonds. The van der Waals surface area contributed by atoms with E-state index in [0.717, 1.165) is 44.8 Å². The Bertz CT molecular complexity index is 3210. The molecule has 1 atom stereocenters. The third-order valence-electron chi connectivity index (χ3n) is 13.9. The van der Waals surface area contributed by atoms with E-state index in [1.807, 2.05) is 18.2 Å². The van der Waals surface area contributed by atoms with Gasteiger partial charge in [0, 0.05) is 16.5 Å². The Balaban J connectivity index is 1.00. The van der Waals surface area contributed by atoms with E-state index >= 15 is 0 Å². The molecule has 3 nitrogen and oxygen atoms in total.